The summed E-state index contributed by atoms with van der Waals surface area (Å²) in [6, 6.07) is 8.48. The van der Waals surface area contributed by atoms with E-state index in [1.165, 1.54) is 55.2 Å². The van der Waals surface area contributed by atoms with Crippen LogP contribution in [0.5, 0.6) is 0 Å². The van der Waals surface area contributed by atoms with E-state index in [2.05, 4.69) is 42.3 Å². The molecule has 2 heterocycles. The Hall–Kier alpha value is -1.06. The quantitative estimate of drug-likeness (QED) is 0.853. The Balaban J connectivity index is 0.00000182. The third kappa shape index (κ3) is 4.38. The van der Waals surface area contributed by atoms with Gasteiger partial charge in [0.05, 0.1) is 0 Å². The molecular formula is C21H31ClN2O. The fourth-order valence-corrected chi connectivity index (χ4v) is 4.61. The van der Waals surface area contributed by atoms with Gasteiger partial charge in [0.15, 0.2) is 0 Å². The smallest absolute Gasteiger partial charge is 0.223 e. The number of piperidine rings is 1. The molecule has 2 atom stereocenters. The topological polar surface area (TPSA) is 32.3 Å². The van der Waals surface area contributed by atoms with Crippen molar-refractivity contribution in [2.24, 2.45) is 5.92 Å². The Bertz CT molecular complexity index is 616. The molecule has 2 unspecified atom stereocenters. The average Bonchev–Trinajstić information content (AvgIpc) is 3.33. The van der Waals surface area contributed by atoms with Crippen LogP contribution in [0.4, 0.5) is 0 Å². The molecule has 4 heteroatoms. The van der Waals surface area contributed by atoms with Crippen molar-refractivity contribution < 1.29 is 4.79 Å². The number of nitrogens with zero attached hydrogens (tertiary/aromatic N) is 1. The van der Waals surface area contributed by atoms with Crippen molar-refractivity contribution in [3.63, 3.8) is 0 Å². The monoisotopic (exact) mass is 362 g/mol. The number of fused-ring (bicyclic) bond motifs is 2. The summed E-state index contributed by atoms with van der Waals surface area (Å²) in [7, 11) is 0. The second-order valence-corrected chi connectivity index (χ2v) is 8.35. The molecule has 1 amide bonds. The highest BCUT2D eigenvalue weighted by Gasteiger charge is 2.37. The lowest BCUT2D eigenvalue weighted by molar-refractivity contribution is -0.133. The number of benzene rings is 1. The zero-order valence-corrected chi connectivity index (χ0v) is 16.3. The van der Waals surface area contributed by atoms with Crippen LogP contribution >= 0.6 is 12.4 Å². The van der Waals surface area contributed by atoms with Crippen molar-refractivity contribution in [3.8, 4) is 0 Å². The Morgan fingerprint density at radius 2 is 1.76 bits per heavy atom. The number of halogens is 1. The molecule has 3 nitrogen and oxygen atoms in total. The second kappa shape index (κ2) is 7.67. The van der Waals surface area contributed by atoms with E-state index in [-0.39, 0.29) is 12.4 Å². The maximum absolute atomic E-state index is 13.0. The summed E-state index contributed by atoms with van der Waals surface area (Å²) in [4.78, 5) is 15.2. The van der Waals surface area contributed by atoms with E-state index >= 15 is 0 Å². The summed E-state index contributed by atoms with van der Waals surface area (Å²) < 4.78 is 0. The van der Waals surface area contributed by atoms with Crippen LogP contribution in [0.2, 0.25) is 0 Å². The third-order valence-electron chi connectivity index (χ3n) is 6.27. The molecule has 1 aromatic carbocycles. The Kier molecular flexibility index (Phi) is 5.75. The molecule has 0 aromatic heterocycles. The molecule has 2 bridgehead atoms. The van der Waals surface area contributed by atoms with Crippen LogP contribution in [-0.4, -0.2) is 28.9 Å². The molecule has 2 aliphatic heterocycles. The number of hydrogen-bond donors (Lipinski definition) is 1. The van der Waals surface area contributed by atoms with Crippen molar-refractivity contribution in [2.45, 2.75) is 83.5 Å². The Morgan fingerprint density at radius 1 is 1.08 bits per heavy atom. The van der Waals surface area contributed by atoms with Crippen molar-refractivity contribution >= 4 is 18.3 Å². The fraction of sp³-hybridized carbons (Fsp3) is 0.667. The van der Waals surface area contributed by atoms with Gasteiger partial charge in [0.25, 0.3) is 0 Å². The minimum absolute atomic E-state index is 0. The number of rotatable bonds is 5. The van der Waals surface area contributed by atoms with Gasteiger partial charge in [-0.05, 0) is 75.0 Å². The number of nitrogens with one attached hydrogen (secondary N) is 1. The molecule has 4 rings (SSSR count). The average molecular weight is 363 g/mol. The number of carbonyl (C=O) groups is 1. The SMILES string of the molecule is Cc1ccc(CN(C(=O)CC2CC3CCC(C2)N3)C2CC2)cc1C.Cl. The Labute approximate surface area is 158 Å². The van der Waals surface area contributed by atoms with Gasteiger partial charge < -0.3 is 10.2 Å². The lowest BCUT2D eigenvalue weighted by Crippen LogP contribution is -2.41. The summed E-state index contributed by atoms with van der Waals surface area (Å²) in [5.74, 6) is 0.985. The van der Waals surface area contributed by atoms with Crippen molar-refractivity contribution in [1.82, 2.24) is 10.2 Å². The molecule has 1 aliphatic carbocycles. The van der Waals surface area contributed by atoms with Crippen molar-refractivity contribution in [3.05, 3.63) is 34.9 Å². The first-order chi connectivity index (χ1) is 11.6. The molecular weight excluding hydrogens is 332 g/mol. The lowest BCUT2D eigenvalue weighted by atomic mass is 9.89. The van der Waals surface area contributed by atoms with Crippen molar-refractivity contribution in [1.29, 1.82) is 0 Å². The summed E-state index contributed by atoms with van der Waals surface area (Å²) in [5, 5.41) is 3.68. The van der Waals surface area contributed by atoms with Gasteiger partial charge in [-0.1, -0.05) is 18.2 Å². The van der Waals surface area contributed by atoms with Crippen LogP contribution < -0.4 is 5.32 Å². The van der Waals surface area contributed by atoms with Crippen LogP contribution in [0.3, 0.4) is 0 Å². The van der Waals surface area contributed by atoms with Gasteiger partial charge >= 0.3 is 0 Å². The Morgan fingerprint density at radius 3 is 2.36 bits per heavy atom. The van der Waals surface area contributed by atoms with Gasteiger partial charge in [0.2, 0.25) is 5.91 Å². The van der Waals surface area contributed by atoms with Gasteiger partial charge in [0, 0.05) is 31.1 Å². The number of aryl methyl sites for hydroxylation is 2. The molecule has 0 radical (unpaired) electrons. The molecule has 3 aliphatic rings. The first kappa shape index (κ1) is 18.7. The largest absolute Gasteiger partial charge is 0.335 e. The zero-order valence-electron chi connectivity index (χ0n) is 15.5. The van der Waals surface area contributed by atoms with E-state index in [0.717, 1.165) is 13.0 Å². The second-order valence-electron chi connectivity index (χ2n) is 8.35. The first-order valence-electron chi connectivity index (χ1n) is 9.70. The molecule has 2 saturated heterocycles. The normalized spacial score (nSPS) is 27.7. The lowest BCUT2D eigenvalue weighted by Gasteiger charge is -2.31. The maximum Gasteiger partial charge on any atom is 0.223 e. The highest BCUT2D eigenvalue weighted by atomic mass is 35.5. The highest BCUT2D eigenvalue weighted by molar-refractivity contribution is 5.85. The summed E-state index contributed by atoms with van der Waals surface area (Å²) in [5.41, 5.74) is 3.93. The third-order valence-corrected chi connectivity index (χ3v) is 6.27. The van der Waals surface area contributed by atoms with E-state index in [9.17, 15) is 4.79 Å². The first-order valence-corrected chi connectivity index (χ1v) is 9.70. The summed E-state index contributed by atoms with van der Waals surface area (Å²) in [6.45, 7) is 5.10. The molecule has 1 saturated carbocycles. The molecule has 1 aromatic rings. The predicted octanol–water partition coefficient (Wildman–Crippen LogP) is 4.14. The van der Waals surface area contributed by atoms with Gasteiger partial charge in [-0.3, -0.25) is 4.79 Å². The van der Waals surface area contributed by atoms with E-state index in [1.54, 1.807) is 0 Å². The predicted molar refractivity (Wildman–Crippen MR) is 104 cm³/mol. The van der Waals surface area contributed by atoms with E-state index in [0.29, 0.717) is 30.0 Å². The van der Waals surface area contributed by atoms with Gasteiger partial charge in [-0.2, -0.15) is 0 Å². The molecule has 1 N–H and O–H groups in total. The van der Waals surface area contributed by atoms with Gasteiger partial charge in [0.1, 0.15) is 0 Å². The van der Waals surface area contributed by atoms with E-state index < -0.39 is 0 Å². The van der Waals surface area contributed by atoms with Gasteiger partial charge in [-0.25, -0.2) is 0 Å². The van der Waals surface area contributed by atoms with E-state index in [4.69, 9.17) is 0 Å². The minimum atomic E-state index is 0. The number of carbonyl (C=O) groups excluding carboxylic acids is 1. The minimum Gasteiger partial charge on any atom is -0.335 e. The highest BCUT2D eigenvalue weighted by Crippen LogP contribution is 2.35. The summed E-state index contributed by atoms with van der Waals surface area (Å²) in [6.07, 6.45) is 8.15. The maximum atomic E-state index is 13.0. The van der Waals surface area contributed by atoms with Gasteiger partial charge in [-0.15, -0.1) is 12.4 Å². The number of amides is 1. The van der Waals surface area contributed by atoms with Crippen LogP contribution in [0.1, 0.15) is 61.6 Å². The van der Waals surface area contributed by atoms with Crippen LogP contribution in [0.25, 0.3) is 0 Å². The van der Waals surface area contributed by atoms with E-state index in [1.807, 2.05) is 0 Å². The molecule has 3 fully saturated rings. The fourth-order valence-electron chi connectivity index (χ4n) is 4.61. The molecule has 138 valence electrons. The van der Waals surface area contributed by atoms with Crippen LogP contribution in [-0.2, 0) is 11.3 Å². The molecule has 25 heavy (non-hydrogen) atoms. The number of hydrogen-bond acceptors (Lipinski definition) is 2. The molecule has 0 spiro atoms. The zero-order chi connectivity index (χ0) is 16.7. The summed E-state index contributed by atoms with van der Waals surface area (Å²) >= 11 is 0. The van der Waals surface area contributed by atoms with Crippen LogP contribution in [0, 0.1) is 19.8 Å². The van der Waals surface area contributed by atoms with Crippen LogP contribution in [0.15, 0.2) is 18.2 Å². The van der Waals surface area contributed by atoms with Crippen molar-refractivity contribution in [2.75, 3.05) is 0 Å². The standard InChI is InChI=1S/C21H30N2O.ClH/c1-14-3-4-16(9-15(14)2)13-23(20-7-8-20)21(24)12-17-10-18-5-6-19(11-17)22-18;/h3-4,9,17-20,22H,5-8,10-13H2,1-2H3;1H.